The van der Waals surface area contributed by atoms with Crippen LogP contribution in [0.3, 0.4) is 0 Å². The van der Waals surface area contributed by atoms with Crippen LogP contribution in [0.4, 0.5) is 0 Å². The Balaban J connectivity index is -0.000000371. The second-order valence-electron chi connectivity index (χ2n) is 6.05. The van der Waals surface area contributed by atoms with E-state index in [0.717, 1.165) is 18.9 Å². The van der Waals surface area contributed by atoms with E-state index in [1.54, 1.807) is 0 Å². The van der Waals surface area contributed by atoms with Crippen LogP contribution in [-0.4, -0.2) is 10.2 Å². The van der Waals surface area contributed by atoms with Gasteiger partial charge in [-0.05, 0) is 12.8 Å². The van der Waals surface area contributed by atoms with Crippen LogP contribution in [0.1, 0.15) is 45.7 Å². The summed E-state index contributed by atoms with van der Waals surface area (Å²) >= 11 is 0. The molecule has 0 saturated carbocycles. The van der Waals surface area contributed by atoms with Gasteiger partial charge in [-0.15, -0.1) is 81.2 Å². The van der Waals surface area contributed by atoms with Crippen molar-refractivity contribution in [2.24, 2.45) is 0 Å². The Bertz CT molecular complexity index is 756. The molecule has 4 aromatic rings. The molecule has 0 bridgehead atoms. The van der Waals surface area contributed by atoms with Crippen molar-refractivity contribution in [1.82, 2.24) is 0 Å². The summed E-state index contributed by atoms with van der Waals surface area (Å²) in [5.41, 5.74) is 2.87. The van der Waals surface area contributed by atoms with E-state index in [1.807, 2.05) is 20.8 Å². The first-order valence-electron chi connectivity index (χ1n) is 10.1. The van der Waals surface area contributed by atoms with Crippen molar-refractivity contribution in [3.8, 4) is 0 Å². The van der Waals surface area contributed by atoms with Gasteiger partial charge >= 0.3 is 26.2 Å². The molecule has 0 N–H and O–H groups in total. The molecule has 0 heterocycles. The molecule has 4 rings (SSSR count). The quantitative estimate of drug-likeness (QED) is 0.272. The Kier molecular flexibility index (Phi) is 22.9. The molecule has 0 aliphatic heterocycles. The molecule has 0 saturated heterocycles. The summed E-state index contributed by atoms with van der Waals surface area (Å²) in [7, 11) is 3.18. The number of benzene rings is 2. The van der Waals surface area contributed by atoms with Crippen LogP contribution in [0.2, 0.25) is 6.04 Å². The maximum atomic E-state index is 3.18. The zero-order valence-corrected chi connectivity index (χ0v) is 23.8. The van der Waals surface area contributed by atoms with E-state index >= 15 is 0 Å². The van der Waals surface area contributed by atoms with Crippen molar-refractivity contribution >= 4 is 31.8 Å². The van der Waals surface area contributed by atoms with Crippen LogP contribution in [0.5, 0.6) is 0 Å². The van der Waals surface area contributed by atoms with Crippen molar-refractivity contribution in [2.45, 2.75) is 53.5 Å². The van der Waals surface area contributed by atoms with Gasteiger partial charge in [-0.3, -0.25) is 0 Å². The van der Waals surface area contributed by atoms with E-state index in [4.69, 9.17) is 0 Å². The molecular weight excluding hydrogens is 503 g/mol. The smallest absolute Gasteiger partial charge is 1.00 e. The Hall–Kier alpha value is -0.660. The molecule has 0 nitrogen and oxygen atoms in total. The third-order valence-corrected chi connectivity index (χ3v) is 4.17. The summed E-state index contributed by atoms with van der Waals surface area (Å²) in [6, 6.07) is 27.1. The molecular formula is C26H33Cl2SiZr. The SMILES string of the molecule is CC.CC[Si].CCc1cc2ccccc2[cH-]1.CCc1cc2ccccc2[cH-]1.[Cl-].[Cl-].[Zr+4]. The first-order valence-corrected chi connectivity index (χ1v) is 10.9. The first-order chi connectivity index (χ1) is 13.2. The molecule has 0 unspecified atom stereocenters. The molecule has 0 atom stereocenters. The molecule has 30 heavy (non-hydrogen) atoms. The molecule has 0 spiro atoms. The molecule has 0 fully saturated rings. The Morgan fingerprint density at radius 1 is 0.667 bits per heavy atom. The van der Waals surface area contributed by atoms with Gasteiger partial charge < -0.3 is 24.8 Å². The summed E-state index contributed by atoms with van der Waals surface area (Å²) in [6.07, 6.45) is 2.27. The van der Waals surface area contributed by atoms with E-state index in [9.17, 15) is 0 Å². The van der Waals surface area contributed by atoms with Crippen LogP contribution in [0, 0.1) is 0 Å². The topological polar surface area (TPSA) is 0 Å². The van der Waals surface area contributed by atoms with Crippen molar-refractivity contribution in [3.05, 3.63) is 83.9 Å². The van der Waals surface area contributed by atoms with E-state index in [1.165, 1.54) is 32.7 Å². The number of hydrogen-bond acceptors (Lipinski definition) is 0. The molecule has 4 aromatic carbocycles. The van der Waals surface area contributed by atoms with Crippen molar-refractivity contribution in [3.63, 3.8) is 0 Å². The maximum absolute atomic E-state index is 3.18. The molecule has 0 aromatic heterocycles. The minimum Gasteiger partial charge on any atom is -1.00 e. The van der Waals surface area contributed by atoms with E-state index in [-0.39, 0.29) is 51.0 Å². The van der Waals surface area contributed by atoms with Crippen molar-refractivity contribution < 1.29 is 51.0 Å². The maximum Gasteiger partial charge on any atom is 4.00 e. The standard InChI is InChI=1S/2C11H11.C2H5Si.C2H6.2ClH.Zr/c2*1-2-9-7-10-5-3-4-6-11(10)8-9;1-2-3;1-2;;;/h2*3-8H,2H2,1H3;2H2,1H3;1-2H3;2*1H;/q2*-1;;;;;+4/p-2. The minimum absolute atomic E-state index is 0. The molecule has 0 aliphatic carbocycles. The Labute approximate surface area is 218 Å². The molecule has 3 radical (unpaired) electrons. The van der Waals surface area contributed by atoms with Gasteiger partial charge in [-0.2, -0.15) is 12.1 Å². The van der Waals surface area contributed by atoms with Crippen LogP contribution >= 0.6 is 0 Å². The van der Waals surface area contributed by atoms with Gasteiger partial charge in [0.05, 0.1) is 0 Å². The summed E-state index contributed by atoms with van der Waals surface area (Å²) in [5.74, 6) is 0. The predicted octanol–water partition coefficient (Wildman–Crippen LogP) is 1.87. The van der Waals surface area contributed by atoms with Gasteiger partial charge in [0.25, 0.3) is 0 Å². The van der Waals surface area contributed by atoms with Crippen LogP contribution < -0.4 is 24.8 Å². The monoisotopic (exact) mass is 533 g/mol. The summed E-state index contributed by atoms with van der Waals surface area (Å²) < 4.78 is 0. The third-order valence-electron chi connectivity index (χ3n) is 4.17. The van der Waals surface area contributed by atoms with Gasteiger partial charge in [0, 0.05) is 10.2 Å². The van der Waals surface area contributed by atoms with Gasteiger partial charge in [0.1, 0.15) is 0 Å². The van der Waals surface area contributed by atoms with E-state index in [2.05, 4.69) is 96.9 Å². The number of halogens is 2. The first kappa shape index (κ1) is 34.0. The molecule has 0 aliphatic rings. The van der Waals surface area contributed by atoms with Crippen molar-refractivity contribution in [2.75, 3.05) is 0 Å². The predicted molar refractivity (Wildman–Crippen MR) is 125 cm³/mol. The molecule has 159 valence electrons. The Morgan fingerprint density at radius 2 is 0.967 bits per heavy atom. The summed E-state index contributed by atoms with van der Waals surface area (Å²) in [5, 5.41) is 5.46. The van der Waals surface area contributed by atoms with E-state index < -0.39 is 0 Å². The average Bonchev–Trinajstić information content (AvgIpc) is 3.34. The molecule has 4 heteroatoms. The number of rotatable bonds is 2. The minimum atomic E-state index is 0. The van der Waals surface area contributed by atoms with Crippen LogP contribution in [0.25, 0.3) is 21.5 Å². The van der Waals surface area contributed by atoms with Gasteiger partial charge in [0.15, 0.2) is 0 Å². The van der Waals surface area contributed by atoms with Crippen LogP contribution in [-0.2, 0) is 39.0 Å². The fourth-order valence-corrected chi connectivity index (χ4v) is 2.84. The van der Waals surface area contributed by atoms with Gasteiger partial charge in [-0.25, -0.2) is 0 Å². The summed E-state index contributed by atoms with van der Waals surface area (Å²) in [4.78, 5) is 0. The van der Waals surface area contributed by atoms with Crippen LogP contribution in [0.15, 0.2) is 72.8 Å². The van der Waals surface area contributed by atoms with E-state index in [0.29, 0.717) is 0 Å². The third kappa shape index (κ3) is 11.1. The second-order valence-corrected chi connectivity index (χ2v) is 6.75. The second kappa shape index (κ2) is 20.3. The van der Waals surface area contributed by atoms with Crippen molar-refractivity contribution in [1.29, 1.82) is 0 Å². The Morgan fingerprint density at radius 3 is 1.23 bits per heavy atom. The largest absolute Gasteiger partial charge is 4.00 e. The fourth-order valence-electron chi connectivity index (χ4n) is 2.84. The van der Waals surface area contributed by atoms with Gasteiger partial charge in [-0.1, -0.05) is 52.8 Å². The average molecular weight is 536 g/mol. The number of aryl methyl sites for hydroxylation is 2. The molecule has 0 amide bonds. The van der Waals surface area contributed by atoms with Gasteiger partial charge in [0.2, 0.25) is 0 Å². The zero-order chi connectivity index (χ0) is 20.1. The number of hydrogen-bond donors (Lipinski definition) is 0. The normalized spacial score (nSPS) is 8.60. The summed E-state index contributed by atoms with van der Waals surface area (Å²) in [6.45, 7) is 10.4. The fraction of sp³-hybridized carbons (Fsp3) is 0.308. The number of fused-ring (bicyclic) bond motifs is 2. The zero-order valence-electron chi connectivity index (χ0n) is 18.8.